The number of anilines is 3. The maximum Gasteiger partial charge on any atom is 0.241 e. The van der Waals surface area contributed by atoms with Gasteiger partial charge in [-0.1, -0.05) is 0 Å². The van der Waals surface area contributed by atoms with Gasteiger partial charge in [0, 0.05) is 48.9 Å². The highest BCUT2D eigenvalue weighted by molar-refractivity contribution is 6.07. The van der Waals surface area contributed by atoms with Crippen LogP contribution in [0.2, 0.25) is 0 Å². The second kappa shape index (κ2) is 10.3. The summed E-state index contributed by atoms with van der Waals surface area (Å²) in [6.07, 6.45) is 3.54. The van der Waals surface area contributed by atoms with E-state index < -0.39 is 23.9 Å². The average Bonchev–Trinajstić information content (AvgIpc) is 3.19. The van der Waals surface area contributed by atoms with Gasteiger partial charge in [0.1, 0.15) is 12.0 Å². The molecule has 0 aliphatic carbocycles. The molecule has 1 amide bonds. The van der Waals surface area contributed by atoms with Gasteiger partial charge in [-0.3, -0.25) is 4.79 Å². The van der Waals surface area contributed by atoms with Gasteiger partial charge in [-0.05, 0) is 44.5 Å². The van der Waals surface area contributed by atoms with Crippen molar-refractivity contribution in [2.24, 2.45) is 0 Å². The Morgan fingerprint density at radius 3 is 2.78 bits per heavy atom. The van der Waals surface area contributed by atoms with Crippen molar-refractivity contribution in [2.45, 2.75) is 45.4 Å². The number of nitrogens with zero attached hydrogens (tertiary/aromatic N) is 2. The Morgan fingerprint density at radius 1 is 1.38 bits per heavy atom. The molecule has 170 valence electrons. The van der Waals surface area contributed by atoms with Crippen LogP contribution in [0, 0.1) is 18.2 Å². The number of carbonyl (C=O) groups excluding carboxylic acids is 1. The van der Waals surface area contributed by atoms with Gasteiger partial charge < -0.3 is 26.7 Å². The molecule has 1 saturated heterocycles. The maximum atomic E-state index is 14.5. The second-order valence-corrected chi connectivity index (χ2v) is 7.89. The maximum absolute atomic E-state index is 14.5. The first-order valence-electron chi connectivity index (χ1n) is 10.3. The minimum Gasteiger partial charge on any atom is -0.388 e. The molecule has 0 spiro atoms. The van der Waals surface area contributed by atoms with E-state index in [0.717, 1.165) is 5.56 Å². The predicted octanol–water partition coefficient (Wildman–Crippen LogP) is 3.29. The zero-order chi connectivity index (χ0) is 23.3. The molecule has 32 heavy (non-hydrogen) atoms. The van der Waals surface area contributed by atoms with E-state index in [9.17, 15) is 13.6 Å². The standard InChI is InChI=1S/C22H27F2N7O/c1-12(2)26-10-14(8-25)20-13(3)9-28-22(31-20)29-16-4-5-18(17(24)7-16)30-21(32)19-6-15(23)11-27-19/h4-5,7-10,12,15,19,25-27H,6,11H2,1-3H3,(H,30,32)(H,28,29,31)/b14-10+,25-8?/t15-,19+/m0/s1. The number of hydrogen-bond donors (Lipinski definition) is 5. The van der Waals surface area contributed by atoms with E-state index in [1.54, 1.807) is 18.5 Å². The summed E-state index contributed by atoms with van der Waals surface area (Å²) in [6.45, 7) is 5.93. The molecule has 0 bridgehead atoms. The molecule has 1 aliphatic heterocycles. The Labute approximate surface area is 185 Å². The molecule has 1 aromatic carbocycles. The molecule has 8 nitrogen and oxygen atoms in total. The highest BCUT2D eigenvalue weighted by Crippen LogP contribution is 2.23. The summed E-state index contributed by atoms with van der Waals surface area (Å²) < 4.78 is 27.8. The van der Waals surface area contributed by atoms with E-state index >= 15 is 0 Å². The normalized spacial score (nSPS) is 18.5. The van der Waals surface area contributed by atoms with Crippen molar-refractivity contribution in [3.63, 3.8) is 0 Å². The summed E-state index contributed by atoms with van der Waals surface area (Å²) in [6, 6.07) is 3.74. The molecule has 2 atom stereocenters. The Balaban J connectivity index is 1.73. The number of nitrogens with one attached hydrogen (secondary N) is 5. The minimum absolute atomic E-state index is 0.00366. The number of aromatic nitrogens is 2. The van der Waals surface area contributed by atoms with Gasteiger partial charge in [-0.2, -0.15) is 0 Å². The van der Waals surface area contributed by atoms with Crippen molar-refractivity contribution in [1.29, 1.82) is 5.41 Å². The first-order chi connectivity index (χ1) is 15.3. The first kappa shape index (κ1) is 23.3. The lowest BCUT2D eigenvalue weighted by atomic mass is 10.1. The number of halogens is 2. The lowest BCUT2D eigenvalue weighted by Gasteiger charge is -2.13. The molecule has 3 rings (SSSR count). The molecule has 10 heteroatoms. The molecule has 0 radical (unpaired) electrons. The Kier molecular flexibility index (Phi) is 7.47. The summed E-state index contributed by atoms with van der Waals surface area (Å²) in [5.41, 5.74) is 2.34. The van der Waals surface area contributed by atoms with Crippen LogP contribution in [0.25, 0.3) is 5.57 Å². The van der Waals surface area contributed by atoms with Crippen molar-refractivity contribution in [2.75, 3.05) is 17.2 Å². The Morgan fingerprint density at radius 2 is 2.16 bits per heavy atom. The van der Waals surface area contributed by atoms with Gasteiger partial charge in [0.2, 0.25) is 11.9 Å². The number of alkyl halides is 1. The van der Waals surface area contributed by atoms with Gasteiger partial charge in [0.15, 0.2) is 0 Å². The molecule has 5 N–H and O–H groups in total. The molecule has 0 saturated carbocycles. The van der Waals surface area contributed by atoms with Crippen LogP contribution >= 0.6 is 0 Å². The van der Waals surface area contributed by atoms with Gasteiger partial charge in [0.25, 0.3) is 0 Å². The van der Waals surface area contributed by atoms with Crippen LogP contribution in [0.1, 0.15) is 31.5 Å². The molecular weight excluding hydrogens is 416 g/mol. The van der Waals surface area contributed by atoms with E-state index in [1.165, 1.54) is 18.3 Å². The smallest absolute Gasteiger partial charge is 0.241 e. The summed E-state index contributed by atoms with van der Waals surface area (Å²) in [4.78, 5) is 20.9. The summed E-state index contributed by atoms with van der Waals surface area (Å²) >= 11 is 0. The topological polar surface area (TPSA) is 115 Å². The van der Waals surface area contributed by atoms with Crippen LogP contribution in [0.3, 0.4) is 0 Å². The average molecular weight is 444 g/mol. The predicted molar refractivity (Wildman–Crippen MR) is 121 cm³/mol. The molecule has 1 aliphatic rings. The number of rotatable bonds is 8. The van der Waals surface area contributed by atoms with Crippen molar-refractivity contribution in [1.82, 2.24) is 20.6 Å². The lowest BCUT2D eigenvalue weighted by molar-refractivity contribution is -0.117. The van der Waals surface area contributed by atoms with Gasteiger partial charge in [-0.25, -0.2) is 18.7 Å². The number of carbonyl (C=O) groups is 1. The van der Waals surface area contributed by atoms with Crippen molar-refractivity contribution in [3.05, 3.63) is 47.7 Å². The molecule has 1 aromatic heterocycles. The Bertz CT molecular complexity index is 1030. The number of amides is 1. The van der Waals surface area contributed by atoms with Crippen LogP contribution < -0.4 is 21.3 Å². The zero-order valence-electron chi connectivity index (χ0n) is 18.2. The number of benzene rings is 1. The van der Waals surface area contributed by atoms with Gasteiger partial charge >= 0.3 is 0 Å². The third-order valence-corrected chi connectivity index (χ3v) is 4.85. The van der Waals surface area contributed by atoms with Crippen LogP contribution in [-0.4, -0.2) is 46.9 Å². The fraction of sp³-hybridized carbons (Fsp3) is 0.364. The Hall–Kier alpha value is -3.40. The van der Waals surface area contributed by atoms with Crippen molar-refractivity contribution < 1.29 is 13.6 Å². The molecule has 2 aromatic rings. The summed E-state index contributed by atoms with van der Waals surface area (Å²) in [7, 11) is 0. The van der Waals surface area contributed by atoms with Crippen molar-refractivity contribution in [3.8, 4) is 0 Å². The fourth-order valence-electron chi connectivity index (χ4n) is 3.16. The van der Waals surface area contributed by atoms with Crippen molar-refractivity contribution >= 4 is 35.0 Å². The zero-order valence-corrected chi connectivity index (χ0v) is 18.2. The van der Waals surface area contributed by atoms with Gasteiger partial charge in [-0.15, -0.1) is 0 Å². The molecule has 2 heterocycles. The third kappa shape index (κ3) is 5.85. The quantitative estimate of drug-likeness (QED) is 0.400. The van der Waals surface area contributed by atoms with E-state index in [0.29, 0.717) is 17.0 Å². The molecule has 0 unspecified atom stereocenters. The van der Waals surface area contributed by atoms with Crippen LogP contribution in [-0.2, 0) is 4.79 Å². The van der Waals surface area contributed by atoms with E-state index in [-0.39, 0.29) is 30.6 Å². The van der Waals surface area contributed by atoms with Gasteiger partial charge in [0.05, 0.1) is 17.4 Å². The molecular formula is C22H27F2N7O. The fourth-order valence-corrected chi connectivity index (χ4v) is 3.16. The van der Waals surface area contributed by atoms with Crippen LogP contribution in [0.5, 0.6) is 0 Å². The highest BCUT2D eigenvalue weighted by Gasteiger charge is 2.29. The minimum atomic E-state index is -1.08. The summed E-state index contributed by atoms with van der Waals surface area (Å²) in [5, 5.41) is 19.0. The SMILES string of the molecule is Cc1cnc(Nc2ccc(NC(=O)[C@H]3C[C@H](F)CN3)c(F)c2)nc1/C(C=N)=C/NC(C)C. The first-order valence-corrected chi connectivity index (χ1v) is 10.3. The monoisotopic (exact) mass is 443 g/mol. The van der Waals surface area contributed by atoms with Crippen LogP contribution in [0.4, 0.5) is 26.1 Å². The largest absolute Gasteiger partial charge is 0.388 e. The van der Waals surface area contributed by atoms with E-state index in [4.69, 9.17) is 5.41 Å². The van der Waals surface area contributed by atoms with E-state index in [1.807, 2.05) is 20.8 Å². The number of hydrogen-bond acceptors (Lipinski definition) is 7. The highest BCUT2D eigenvalue weighted by atomic mass is 19.1. The third-order valence-electron chi connectivity index (χ3n) is 4.85. The molecule has 1 fully saturated rings. The van der Waals surface area contributed by atoms with Crippen LogP contribution in [0.15, 0.2) is 30.6 Å². The summed E-state index contributed by atoms with van der Waals surface area (Å²) in [5.74, 6) is -0.882. The van der Waals surface area contributed by atoms with E-state index in [2.05, 4.69) is 31.2 Å². The number of aryl methyl sites for hydroxylation is 1. The second-order valence-electron chi connectivity index (χ2n) is 7.89. The lowest BCUT2D eigenvalue weighted by Crippen LogP contribution is -2.35. The number of allylic oxidation sites excluding steroid dienone is 1.